The van der Waals surface area contributed by atoms with Crippen LogP contribution in [0.4, 0.5) is 10.6 Å². The normalized spacial score (nSPS) is 14.8. The lowest BCUT2D eigenvalue weighted by molar-refractivity contribution is 0.0199. The van der Waals surface area contributed by atoms with Crippen molar-refractivity contribution in [1.29, 1.82) is 0 Å². The molecule has 2 N–H and O–H groups in total. The predicted octanol–water partition coefficient (Wildman–Crippen LogP) is 4.50. The second-order valence-electron chi connectivity index (χ2n) is 9.08. The smallest absolute Gasteiger partial charge is 0.410 e. The fraction of sp³-hybridized carbons (Fsp3) is 0.417. The number of piperidine rings is 1. The Morgan fingerprint density at radius 1 is 1.15 bits per heavy atom. The van der Waals surface area contributed by atoms with Gasteiger partial charge in [-0.05, 0) is 57.4 Å². The van der Waals surface area contributed by atoms with E-state index in [0.29, 0.717) is 36.3 Å². The summed E-state index contributed by atoms with van der Waals surface area (Å²) in [5.41, 5.74) is 8.00. The van der Waals surface area contributed by atoms with Crippen molar-refractivity contribution in [2.24, 2.45) is 0 Å². The molecule has 0 unspecified atom stereocenters. The molecule has 3 heterocycles. The molecule has 1 aromatic carbocycles. The number of pyridine rings is 1. The number of anilines is 1. The lowest BCUT2D eigenvalue weighted by atomic mass is 9.97. The van der Waals surface area contributed by atoms with Crippen LogP contribution in [0.3, 0.4) is 0 Å². The van der Waals surface area contributed by atoms with Crippen molar-refractivity contribution in [2.45, 2.75) is 45.1 Å². The fourth-order valence-corrected chi connectivity index (χ4v) is 3.75. The predicted molar refractivity (Wildman–Crippen MR) is 124 cm³/mol. The molecular weight excluding hydrogens is 422 g/mol. The first-order valence-corrected chi connectivity index (χ1v) is 10.9. The average Bonchev–Trinajstić information content (AvgIpc) is 3.28. The van der Waals surface area contributed by atoms with Crippen molar-refractivity contribution < 1.29 is 18.7 Å². The van der Waals surface area contributed by atoms with E-state index in [1.54, 1.807) is 18.2 Å². The van der Waals surface area contributed by atoms with Crippen LogP contribution in [0.15, 0.2) is 40.9 Å². The molecule has 174 valence electrons. The number of carbonyl (C=O) groups is 1. The zero-order chi connectivity index (χ0) is 23.6. The highest BCUT2D eigenvalue weighted by atomic mass is 16.6. The second-order valence-corrected chi connectivity index (χ2v) is 9.08. The van der Waals surface area contributed by atoms with E-state index in [1.807, 2.05) is 51.1 Å². The number of carbonyl (C=O) groups excluding carboxylic acids is 1. The molecular formula is C24H29N5O4. The van der Waals surface area contributed by atoms with E-state index in [-0.39, 0.29) is 12.0 Å². The molecule has 9 heteroatoms. The van der Waals surface area contributed by atoms with E-state index >= 15 is 0 Å². The van der Waals surface area contributed by atoms with Gasteiger partial charge in [-0.2, -0.15) is 0 Å². The first-order chi connectivity index (χ1) is 15.7. The minimum absolute atomic E-state index is 0.0701. The largest absolute Gasteiger partial charge is 0.497 e. The molecule has 9 nitrogen and oxygen atoms in total. The zero-order valence-electron chi connectivity index (χ0n) is 19.4. The molecule has 0 radical (unpaired) electrons. The topological polar surface area (TPSA) is 117 Å². The lowest BCUT2D eigenvalue weighted by Crippen LogP contribution is -2.41. The van der Waals surface area contributed by atoms with E-state index in [4.69, 9.17) is 19.6 Å². The van der Waals surface area contributed by atoms with Crippen LogP contribution in [0.2, 0.25) is 0 Å². The molecule has 1 saturated heterocycles. The van der Waals surface area contributed by atoms with E-state index in [9.17, 15) is 4.79 Å². The van der Waals surface area contributed by atoms with E-state index in [0.717, 1.165) is 29.7 Å². The Kier molecular flexibility index (Phi) is 6.22. The molecule has 4 rings (SSSR count). The molecule has 1 amide bonds. The van der Waals surface area contributed by atoms with Gasteiger partial charge in [0.2, 0.25) is 5.89 Å². The third-order valence-electron chi connectivity index (χ3n) is 5.49. The first kappa shape index (κ1) is 22.6. The maximum atomic E-state index is 12.3. The van der Waals surface area contributed by atoms with Crippen LogP contribution in [0.5, 0.6) is 5.75 Å². The van der Waals surface area contributed by atoms with Crippen LogP contribution in [0, 0.1) is 0 Å². The van der Waals surface area contributed by atoms with Gasteiger partial charge in [0.1, 0.15) is 17.2 Å². The lowest BCUT2D eigenvalue weighted by Gasteiger charge is -2.32. The van der Waals surface area contributed by atoms with Gasteiger partial charge in [0.25, 0.3) is 5.89 Å². The Labute approximate surface area is 192 Å². The number of likely N-dealkylation sites (tertiary alicyclic amines) is 1. The number of nitrogen functional groups attached to an aromatic ring is 1. The maximum absolute atomic E-state index is 12.3. The van der Waals surface area contributed by atoms with Crippen molar-refractivity contribution in [2.75, 3.05) is 25.9 Å². The summed E-state index contributed by atoms with van der Waals surface area (Å²) in [5.74, 6) is 2.01. The third kappa shape index (κ3) is 5.24. The van der Waals surface area contributed by atoms with Crippen molar-refractivity contribution in [3.63, 3.8) is 0 Å². The molecule has 0 atom stereocenters. The highest BCUT2D eigenvalue weighted by molar-refractivity contribution is 5.75. The maximum Gasteiger partial charge on any atom is 0.410 e. The van der Waals surface area contributed by atoms with Crippen LogP contribution in [0.1, 0.15) is 45.4 Å². The fourth-order valence-electron chi connectivity index (χ4n) is 3.75. The average molecular weight is 452 g/mol. The van der Waals surface area contributed by atoms with Gasteiger partial charge in [0.05, 0.1) is 12.7 Å². The molecule has 1 aliphatic rings. The SMILES string of the molecule is COc1cccc(-c2cnc(N)c(-c3nnc(C4CCN(C(=O)OC(C)(C)C)CC4)o3)c2)c1. The number of ether oxygens (including phenoxy) is 2. The van der Waals surface area contributed by atoms with Gasteiger partial charge in [-0.25, -0.2) is 9.78 Å². The summed E-state index contributed by atoms with van der Waals surface area (Å²) >= 11 is 0. The minimum atomic E-state index is -0.511. The molecule has 0 aliphatic carbocycles. The molecule has 0 saturated carbocycles. The number of aromatic nitrogens is 3. The Morgan fingerprint density at radius 2 is 1.91 bits per heavy atom. The van der Waals surface area contributed by atoms with Crippen molar-refractivity contribution in [3.05, 3.63) is 42.4 Å². The first-order valence-electron chi connectivity index (χ1n) is 10.9. The molecule has 1 aliphatic heterocycles. The number of hydrogen-bond donors (Lipinski definition) is 1. The van der Waals surface area contributed by atoms with Crippen molar-refractivity contribution in [1.82, 2.24) is 20.1 Å². The number of rotatable bonds is 4. The van der Waals surface area contributed by atoms with Gasteiger partial charge in [-0.1, -0.05) is 12.1 Å². The quantitative estimate of drug-likeness (QED) is 0.616. The summed E-state index contributed by atoms with van der Waals surface area (Å²) in [5, 5.41) is 8.49. The third-order valence-corrected chi connectivity index (χ3v) is 5.49. The monoisotopic (exact) mass is 451 g/mol. The van der Waals surface area contributed by atoms with Crippen LogP contribution in [0.25, 0.3) is 22.6 Å². The van der Waals surface area contributed by atoms with Crippen LogP contribution >= 0.6 is 0 Å². The Morgan fingerprint density at radius 3 is 2.61 bits per heavy atom. The van der Waals surface area contributed by atoms with Crippen molar-refractivity contribution >= 4 is 11.9 Å². The Balaban J connectivity index is 1.48. The van der Waals surface area contributed by atoms with Crippen LogP contribution in [-0.2, 0) is 4.74 Å². The van der Waals surface area contributed by atoms with Gasteiger partial charge in [0, 0.05) is 30.8 Å². The Hall–Kier alpha value is -3.62. The number of nitrogens with two attached hydrogens (primary N) is 1. The molecule has 0 spiro atoms. The number of methoxy groups -OCH3 is 1. The van der Waals surface area contributed by atoms with E-state index in [1.165, 1.54) is 0 Å². The molecule has 0 bridgehead atoms. The van der Waals surface area contributed by atoms with Crippen LogP contribution in [-0.4, -0.2) is 52.0 Å². The summed E-state index contributed by atoms with van der Waals surface area (Å²) in [6.07, 6.45) is 2.86. The second kappa shape index (κ2) is 9.09. The minimum Gasteiger partial charge on any atom is -0.497 e. The Bertz CT molecular complexity index is 1130. The van der Waals surface area contributed by atoms with Gasteiger partial charge in [-0.15, -0.1) is 10.2 Å². The standard InChI is InChI=1S/C24H29N5O4/c1-24(2,3)33-23(30)29-10-8-15(9-11-29)21-27-28-22(32-21)19-13-17(14-26-20(19)25)16-6-5-7-18(12-16)31-4/h5-7,12-15H,8-11H2,1-4H3,(H2,25,26). The number of amides is 1. The highest BCUT2D eigenvalue weighted by Gasteiger charge is 2.30. The molecule has 3 aromatic rings. The van der Waals surface area contributed by atoms with E-state index < -0.39 is 5.60 Å². The molecule has 33 heavy (non-hydrogen) atoms. The summed E-state index contributed by atoms with van der Waals surface area (Å²) < 4.78 is 16.8. The summed E-state index contributed by atoms with van der Waals surface area (Å²) in [6, 6.07) is 9.58. The molecule has 1 fully saturated rings. The highest BCUT2D eigenvalue weighted by Crippen LogP contribution is 2.33. The van der Waals surface area contributed by atoms with Crippen LogP contribution < -0.4 is 10.5 Å². The van der Waals surface area contributed by atoms with Crippen molar-refractivity contribution in [3.8, 4) is 28.3 Å². The van der Waals surface area contributed by atoms with Gasteiger partial charge < -0.3 is 24.5 Å². The summed E-state index contributed by atoms with van der Waals surface area (Å²) in [6.45, 7) is 6.74. The number of benzene rings is 1. The van der Waals surface area contributed by atoms with E-state index in [2.05, 4.69) is 15.2 Å². The zero-order valence-corrected chi connectivity index (χ0v) is 19.4. The summed E-state index contributed by atoms with van der Waals surface area (Å²) in [4.78, 5) is 18.3. The van der Waals surface area contributed by atoms with Gasteiger partial charge in [0.15, 0.2) is 0 Å². The number of nitrogens with zero attached hydrogens (tertiary/aromatic N) is 4. The number of hydrogen-bond acceptors (Lipinski definition) is 8. The van der Waals surface area contributed by atoms with Gasteiger partial charge in [-0.3, -0.25) is 0 Å². The summed E-state index contributed by atoms with van der Waals surface area (Å²) in [7, 11) is 1.63. The van der Waals surface area contributed by atoms with Gasteiger partial charge >= 0.3 is 6.09 Å². The molecule has 2 aromatic heterocycles.